The van der Waals surface area contributed by atoms with Crippen molar-refractivity contribution in [3.8, 4) is 6.07 Å². The van der Waals surface area contributed by atoms with Crippen LogP contribution in [0.3, 0.4) is 0 Å². The van der Waals surface area contributed by atoms with Crippen LogP contribution in [-0.4, -0.2) is 31.5 Å². The Morgan fingerprint density at radius 2 is 2.24 bits per heavy atom. The van der Waals surface area contributed by atoms with Crippen molar-refractivity contribution in [1.29, 1.82) is 5.26 Å². The van der Waals surface area contributed by atoms with Crippen molar-refractivity contribution in [1.82, 2.24) is 0 Å². The fourth-order valence-corrected chi connectivity index (χ4v) is 1.76. The van der Waals surface area contributed by atoms with Crippen LogP contribution in [0, 0.1) is 11.3 Å². The summed E-state index contributed by atoms with van der Waals surface area (Å²) in [4.78, 5) is 0. The number of aliphatic hydroxyl groups excluding tert-OH is 1. The summed E-state index contributed by atoms with van der Waals surface area (Å²) in [6, 6.07) is 7.62. The highest BCUT2D eigenvalue weighted by molar-refractivity contribution is 9.10. The smallest absolute Gasteiger partial charge is 0.100 e. The molecule has 0 saturated carbocycles. The number of hydrogen-bond acceptors (Lipinski definition) is 4. The van der Waals surface area contributed by atoms with E-state index in [0.29, 0.717) is 18.8 Å². The van der Waals surface area contributed by atoms with Gasteiger partial charge in [-0.25, -0.2) is 0 Å². The lowest BCUT2D eigenvalue weighted by Crippen LogP contribution is -2.07. The van der Waals surface area contributed by atoms with Crippen LogP contribution in [0.1, 0.15) is 12.0 Å². The molecule has 0 atom stereocenters. The van der Waals surface area contributed by atoms with Crippen LogP contribution >= 0.6 is 15.9 Å². The monoisotopic (exact) mass is 298 g/mol. The first-order valence-electron chi connectivity index (χ1n) is 5.40. The van der Waals surface area contributed by atoms with Gasteiger partial charge in [-0.1, -0.05) is 0 Å². The number of halogens is 1. The SMILES string of the molecule is N#Cc1ccc(NCCCOCCO)cc1Br. The van der Waals surface area contributed by atoms with Gasteiger partial charge in [-0.2, -0.15) is 5.26 Å². The number of rotatable bonds is 7. The zero-order valence-corrected chi connectivity index (χ0v) is 11.0. The van der Waals surface area contributed by atoms with Gasteiger partial charge in [-0.3, -0.25) is 0 Å². The van der Waals surface area contributed by atoms with Crippen molar-refractivity contribution in [3.63, 3.8) is 0 Å². The summed E-state index contributed by atoms with van der Waals surface area (Å²) in [6.45, 7) is 1.88. The van der Waals surface area contributed by atoms with Crippen LogP contribution < -0.4 is 5.32 Å². The molecule has 2 N–H and O–H groups in total. The molecule has 5 heteroatoms. The summed E-state index contributed by atoms with van der Waals surface area (Å²) in [5.41, 5.74) is 1.60. The molecule has 0 radical (unpaired) electrons. The van der Waals surface area contributed by atoms with E-state index in [1.54, 1.807) is 6.07 Å². The molecule has 1 aromatic carbocycles. The Labute approximate surface area is 109 Å². The maximum atomic E-state index is 8.77. The zero-order valence-electron chi connectivity index (χ0n) is 9.45. The Balaban J connectivity index is 2.28. The third kappa shape index (κ3) is 5.18. The molecule has 0 heterocycles. The lowest BCUT2D eigenvalue weighted by molar-refractivity contribution is 0.0922. The predicted octanol–water partition coefficient (Wildman–Crippen LogP) is 2.13. The fraction of sp³-hybridized carbons (Fsp3) is 0.417. The Kier molecular flexibility index (Phi) is 6.63. The molecule has 1 aromatic rings. The molecule has 0 aliphatic heterocycles. The summed E-state index contributed by atoms with van der Waals surface area (Å²) in [7, 11) is 0. The molecular weight excluding hydrogens is 284 g/mol. The molecule has 0 fully saturated rings. The molecule has 0 saturated heterocycles. The van der Waals surface area contributed by atoms with Crippen LogP contribution in [0.4, 0.5) is 5.69 Å². The lowest BCUT2D eigenvalue weighted by Gasteiger charge is -2.07. The standard InChI is InChI=1S/C12H15BrN2O2/c13-12-8-11(3-2-10(12)9-14)15-4-1-6-17-7-5-16/h2-3,8,15-16H,1,4-7H2. The quantitative estimate of drug-likeness (QED) is 0.757. The summed E-state index contributed by atoms with van der Waals surface area (Å²) < 4.78 is 5.93. The number of aliphatic hydroxyl groups is 1. The highest BCUT2D eigenvalue weighted by Gasteiger charge is 1.99. The van der Waals surface area contributed by atoms with Gasteiger partial charge >= 0.3 is 0 Å². The highest BCUT2D eigenvalue weighted by atomic mass is 79.9. The molecule has 0 amide bonds. The van der Waals surface area contributed by atoms with E-state index in [9.17, 15) is 0 Å². The lowest BCUT2D eigenvalue weighted by atomic mass is 10.2. The first-order chi connectivity index (χ1) is 8.27. The highest BCUT2D eigenvalue weighted by Crippen LogP contribution is 2.20. The van der Waals surface area contributed by atoms with E-state index in [0.717, 1.165) is 23.1 Å². The normalized spacial score (nSPS) is 9.94. The number of anilines is 1. The van der Waals surface area contributed by atoms with Crippen LogP contribution in [0.15, 0.2) is 22.7 Å². The molecule has 17 heavy (non-hydrogen) atoms. The summed E-state index contributed by atoms with van der Waals surface area (Å²) >= 11 is 3.34. The van der Waals surface area contributed by atoms with Gasteiger partial charge in [0.15, 0.2) is 0 Å². The number of nitriles is 1. The van der Waals surface area contributed by atoms with Crippen LogP contribution in [-0.2, 0) is 4.74 Å². The minimum absolute atomic E-state index is 0.0655. The molecule has 1 rings (SSSR count). The fourth-order valence-electron chi connectivity index (χ4n) is 1.29. The van der Waals surface area contributed by atoms with Gasteiger partial charge in [-0.05, 0) is 40.5 Å². The van der Waals surface area contributed by atoms with Crippen molar-refractivity contribution in [2.24, 2.45) is 0 Å². The summed E-state index contributed by atoms with van der Waals surface area (Å²) in [6.07, 6.45) is 0.873. The van der Waals surface area contributed by atoms with E-state index in [1.165, 1.54) is 0 Å². The van der Waals surface area contributed by atoms with Gasteiger partial charge in [0.2, 0.25) is 0 Å². The Morgan fingerprint density at radius 3 is 2.88 bits per heavy atom. The van der Waals surface area contributed by atoms with Crippen LogP contribution in [0.25, 0.3) is 0 Å². The second kappa shape index (κ2) is 8.07. The third-order valence-corrected chi connectivity index (χ3v) is 2.78. The van der Waals surface area contributed by atoms with Crippen LogP contribution in [0.2, 0.25) is 0 Å². The topological polar surface area (TPSA) is 65.3 Å². The molecule has 0 aromatic heterocycles. The largest absolute Gasteiger partial charge is 0.394 e. The van der Waals surface area contributed by atoms with Gasteiger partial charge in [0.05, 0.1) is 18.8 Å². The van der Waals surface area contributed by atoms with Crippen molar-refractivity contribution >= 4 is 21.6 Å². The number of benzene rings is 1. The minimum atomic E-state index is 0.0655. The Morgan fingerprint density at radius 1 is 1.41 bits per heavy atom. The van der Waals surface area contributed by atoms with Gasteiger partial charge in [0.1, 0.15) is 6.07 Å². The van der Waals surface area contributed by atoms with E-state index in [2.05, 4.69) is 27.3 Å². The first-order valence-corrected chi connectivity index (χ1v) is 6.19. The number of nitrogens with zero attached hydrogens (tertiary/aromatic N) is 1. The van der Waals surface area contributed by atoms with Crippen molar-refractivity contribution in [2.75, 3.05) is 31.7 Å². The van der Waals surface area contributed by atoms with E-state index in [-0.39, 0.29) is 6.61 Å². The predicted molar refractivity (Wildman–Crippen MR) is 69.9 cm³/mol. The molecular formula is C12H15BrN2O2. The second-order valence-electron chi connectivity index (χ2n) is 3.42. The van der Waals surface area contributed by atoms with Gasteiger partial charge in [0, 0.05) is 23.3 Å². The minimum Gasteiger partial charge on any atom is -0.394 e. The second-order valence-corrected chi connectivity index (χ2v) is 4.28. The maximum absolute atomic E-state index is 8.77. The van der Waals surface area contributed by atoms with E-state index >= 15 is 0 Å². The van der Waals surface area contributed by atoms with Crippen molar-refractivity contribution in [3.05, 3.63) is 28.2 Å². The molecule has 92 valence electrons. The molecule has 0 unspecified atom stereocenters. The average Bonchev–Trinajstić information content (AvgIpc) is 2.34. The molecule has 0 aliphatic carbocycles. The molecule has 0 aliphatic rings. The Bertz CT molecular complexity index is 391. The first kappa shape index (κ1) is 14.0. The summed E-state index contributed by atoms with van der Waals surface area (Å²) in [5, 5.41) is 20.5. The molecule has 0 bridgehead atoms. The van der Waals surface area contributed by atoms with E-state index < -0.39 is 0 Å². The van der Waals surface area contributed by atoms with Gasteiger partial charge in [0.25, 0.3) is 0 Å². The average molecular weight is 299 g/mol. The summed E-state index contributed by atoms with van der Waals surface area (Å²) in [5.74, 6) is 0. The zero-order chi connectivity index (χ0) is 12.5. The van der Waals surface area contributed by atoms with E-state index in [1.807, 2.05) is 12.1 Å². The third-order valence-electron chi connectivity index (χ3n) is 2.12. The van der Waals surface area contributed by atoms with Crippen LogP contribution in [0.5, 0.6) is 0 Å². The molecule has 4 nitrogen and oxygen atoms in total. The van der Waals surface area contributed by atoms with Gasteiger partial charge in [-0.15, -0.1) is 0 Å². The number of hydrogen-bond donors (Lipinski definition) is 2. The number of ether oxygens (including phenoxy) is 1. The maximum Gasteiger partial charge on any atom is 0.100 e. The van der Waals surface area contributed by atoms with Gasteiger partial charge < -0.3 is 15.2 Å². The number of nitrogens with one attached hydrogen (secondary N) is 1. The Hall–Kier alpha value is -1.09. The molecule has 0 spiro atoms. The van der Waals surface area contributed by atoms with Crippen molar-refractivity contribution < 1.29 is 9.84 Å². The van der Waals surface area contributed by atoms with E-state index in [4.69, 9.17) is 15.1 Å². The van der Waals surface area contributed by atoms with Crippen molar-refractivity contribution in [2.45, 2.75) is 6.42 Å².